The molecule has 0 saturated carbocycles. The van der Waals surface area contributed by atoms with Crippen LogP contribution in [0.3, 0.4) is 0 Å². The van der Waals surface area contributed by atoms with Crippen molar-refractivity contribution in [2.45, 2.75) is 0 Å². The Morgan fingerprint density at radius 2 is 2.12 bits per heavy atom. The minimum atomic E-state index is -1.01. The first-order chi connectivity index (χ1) is 8.06. The molecule has 2 aromatic rings. The molecule has 1 N–H and O–H groups in total. The smallest absolute Gasteiger partial charge is 0.346 e. The fourth-order valence-electron chi connectivity index (χ4n) is 1.02. The van der Waals surface area contributed by atoms with Gasteiger partial charge in [0.2, 0.25) is 0 Å². The molecule has 2 heterocycles. The number of hydrogen-bond donors (Lipinski definition) is 1. The molecule has 0 atom stereocenters. The standard InChI is InChI=1S/C9H4Cl2N2O3S/c10-7-2-5(8(11)13-12-7)16-4-1-6(9(14)15)17-3-4/h1-3H,(H,14,15). The van der Waals surface area contributed by atoms with E-state index < -0.39 is 5.97 Å². The molecule has 0 saturated heterocycles. The van der Waals surface area contributed by atoms with Gasteiger partial charge in [-0.05, 0) is 0 Å². The Morgan fingerprint density at radius 1 is 1.35 bits per heavy atom. The monoisotopic (exact) mass is 290 g/mol. The van der Waals surface area contributed by atoms with E-state index in [1.165, 1.54) is 12.1 Å². The SMILES string of the molecule is O=C(O)c1cc(Oc2cc(Cl)nnc2Cl)cs1. The predicted molar refractivity (Wildman–Crippen MR) is 63.4 cm³/mol. The minimum absolute atomic E-state index is 0.0532. The van der Waals surface area contributed by atoms with Crippen LogP contribution in [0.4, 0.5) is 0 Å². The van der Waals surface area contributed by atoms with Crippen molar-refractivity contribution in [3.63, 3.8) is 0 Å². The summed E-state index contributed by atoms with van der Waals surface area (Å²) in [6, 6.07) is 2.78. The van der Waals surface area contributed by atoms with Crippen LogP contribution in [0.5, 0.6) is 11.5 Å². The maximum absolute atomic E-state index is 10.7. The summed E-state index contributed by atoms with van der Waals surface area (Å²) in [5.41, 5.74) is 0. The first-order valence-corrected chi connectivity index (χ1v) is 5.88. The lowest BCUT2D eigenvalue weighted by Gasteiger charge is -2.03. The molecular weight excluding hydrogens is 287 g/mol. The molecule has 0 fully saturated rings. The third-order valence-corrected chi connectivity index (χ3v) is 3.04. The Morgan fingerprint density at radius 3 is 2.76 bits per heavy atom. The normalized spacial score (nSPS) is 10.2. The lowest BCUT2D eigenvalue weighted by Crippen LogP contribution is -1.91. The topological polar surface area (TPSA) is 72.3 Å². The van der Waals surface area contributed by atoms with Gasteiger partial charge >= 0.3 is 5.97 Å². The first-order valence-electron chi connectivity index (χ1n) is 4.24. The summed E-state index contributed by atoms with van der Waals surface area (Å²) >= 11 is 12.4. The van der Waals surface area contributed by atoms with Gasteiger partial charge in [0.25, 0.3) is 0 Å². The summed E-state index contributed by atoms with van der Waals surface area (Å²) in [6.45, 7) is 0. The zero-order valence-corrected chi connectivity index (χ0v) is 10.4. The van der Waals surface area contributed by atoms with Crippen LogP contribution in [0.15, 0.2) is 17.5 Å². The molecule has 0 aliphatic rings. The van der Waals surface area contributed by atoms with Crippen LogP contribution < -0.4 is 4.74 Å². The second-order valence-corrected chi connectivity index (χ2v) is 4.53. The number of rotatable bonds is 3. The van der Waals surface area contributed by atoms with Gasteiger partial charge in [0.1, 0.15) is 10.6 Å². The molecule has 0 radical (unpaired) electrons. The number of nitrogens with zero attached hydrogens (tertiary/aromatic N) is 2. The van der Waals surface area contributed by atoms with Gasteiger partial charge in [0, 0.05) is 17.5 Å². The maximum Gasteiger partial charge on any atom is 0.346 e. The number of aromatic carboxylic acids is 1. The molecular formula is C9H4Cl2N2O3S. The quantitative estimate of drug-likeness (QED) is 0.939. The molecule has 2 aromatic heterocycles. The van der Waals surface area contributed by atoms with E-state index in [9.17, 15) is 4.79 Å². The van der Waals surface area contributed by atoms with Crippen molar-refractivity contribution >= 4 is 40.5 Å². The van der Waals surface area contributed by atoms with Crippen LogP contribution >= 0.6 is 34.5 Å². The van der Waals surface area contributed by atoms with Crippen molar-refractivity contribution in [2.24, 2.45) is 0 Å². The van der Waals surface area contributed by atoms with Crippen molar-refractivity contribution in [1.29, 1.82) is 0 Å². The second-order valence-electron chi connectivity index (χ2n) is 2.88. The predicted octanol–water partition coefficient (Wildman–Crippen LogP) is 3.34. The van der Waals surface area contributed by atoms with Crippen molar-refractivity contribution in [3.05, 3.63) is 32.7 Å². The number of thiophene rings is 1. The largest absolute Gasteiger partial charge is 0.477 e. The Bertz CT molecular complexity index is 573. The number of halogens is 2. The van der Waals surface area contributed by atoms with Gasteiger partial charge in [0.15, 0.2) is 16.1 Å². The summed E-state index contributed by atoms with van der Waals surface area (Å²) < 4.78 is 5.35. The zero-order valence-electron chi connectivity index (χ0n) is 8.05. The molecule has 88 valence electrons. The van der Waals surface area contributed by atoms with Gasteiger partial charge in [-0.1, -0.05) is 23.2 Å². The zero-order chi connectivity index (χ0) is 12.4. The molecule has 5 nitrogen and oxygen atoms in total. The summed E-state index contributed by atoms with van der Waals surface area (Å²) in [4.78, 5) is 10.8. The van der Waals surface area contributed by atoms with E-state index in [0.717, 1.165) is 11.3 Å². The third kappa shape index (κ3) is 2.85. The maximum atomic E-state index is 10.7. The number of hydrogen-bond acceptors (Lipinski definition) is 5. The highest BCUT2D eigenvalue weighted by Crippen LogP contribution is 2.31. The molecule has 2 rings (SSSR count). The van der Waals surface area contributed by atoms with Crippen LogP contribution in [-0.4, -0.2) is 21.3 Å². The van der Waals surface area contributed by atoms with Crippen LogP contribution in [0.1, 0.15) is 9.67 Å². The van der Waals surface area contributed by atoms with E-state index >= 15 is 0 Å². The number of carbonyl (C=O) groups is 1. The van der Waals surface area contributed by atoms with Crippen molar-refractivity contribution in [1.82, 2.24) is 10.2 Å². The van der Waals surface area contributed by atoms with Gasteiger partial charge in [-0.15, -0.1) is 21.5 Å². The lowest BCUT2D eigenvalue weighted by molar-refractivity contribution is 0.0702. The van der Waals surface area contributed by atoms with Gasteiger partial charge in [0.05, 0.1) is 0 Å². The van der Waals surface area contributed by atoms with Crippen LogP contribution in [0, 0.1) is 0 Å². The van der Waals surface area contributed by atoms with E-state index in [-0.39, 0.29) is 20.9 Å². The Balaban J connectivity index is 2.25. The van der Waals surface area contributed by atoms with E-state index in [0.29, 0.717) is 5.75 Å². The van der Waals surface area contributed by atoms with E-state index in [1.54, 1.807) is 5.38 Å². The van der Waals surface area contributed by atoms with Gasteiger partial charge in [-0.2, -0.15) is 0 Å². The van der Waals surface area contributed by atoms with Gasteiger partial charge in [-0.25, -0.2) is 4.79 Å². The van der Waals surface area contributed by atoms with Crippen molar-refractivity contribution in [2.75, 3.05) is 0 Å². The lowest BCUT2D eigenvalue weighted by atomic mass is 10.4. The van der Waals surface area contributed by atoms with Gasteiger partial charge < -0.3 is 9.84 Å². The van der Waals surface area contributed by atoms with E-state index in [4.69, 9.17) is 33.0 Å². The fourth-order valence-corrected chi connectivity index (χ4v) is 1.93. The first kappa shape index (κ1) is 12.1. The fraction of sp³-hybridized carbons (Fsp3) is 0. The Hall–Kier alpha value is -1.37. The van der Waals surface area contributed by atoms with Crippen LogP contribution in [0.2, 0.25) is 10.3 Å². The molecule has 0 aliphatic carbocycles. The molecule has 0 spiro atoms. The number of carboxylic acid groups (broad SMARTS) is 1. The minimum Gasteiger partial charge on any atom is -0.477 e. The van der Waals surface area contributed by atoms with Gasteiger partial charge in [-0.3, -0.25) is 0 Å². The number of aromatic nitrogens is 2. The molecule has 0 amide bonds. The van der Waals surface area contributed by atoms with Crippen molar-refractivity contribution < 1.29 is 14.6 Å². The second kappa shape index (κ2) is 4.87. The molecule has 8 heteroatoms. The van der Waals surface area contributed by atoms with E-state index in [2.05, 4.69) is 10.2 Å². The Labute approximate surface area is 110 Å². The van der Waals surface area contributed by atoms with Crippen LogP contribution in [0.25, 0.3) is 0 Å². The molecule has 17 heavy (non-hydrogen) atoms. The van der Waals surface area contributed by atoms with Crippen molar-refractivity contribution in [3.8, 4) is 11.5 Å². The average Bonchev–Trinajstić information content (AvgIpc) is 2.72. The van der Waals surface area contributed by atoms with Crippen LogP contribution in [-0.2, 0) is 0 Å². The summed E-state index contributed by atoms with van der Waals surface area (Å²) in [6.07, 6.45) is 0. The number of carboxylic acids is 1. The Kier molecular flexibility index (Phi) is 3.46. The molecule has 0 aliphatic heterocycles. The summed E-state index contributed by atoms with van der Waals surface area (Å²) in [7, 11) is 0. The highest BCUT2D eigenvalue weighted by molar-refractivity contribution is 7.12. The molecule has 0 bridgehead atoms. The summed E-state index contributed by atoms with van der Waals surface area (Å²) in [5, 5.41) is 17.6. The third-order valence-electron chi connectivity index (χ3n) is 1.70. The highest BCUT2D eigenvalue weighted by Gasteiger charge is 2.11. The average molecular weight is 291 g/mol. The molecule has 0 aromatic carbocycles. The highest BCUT2D eigenvalue weighted by atomic mass is 35.5. The molecule has 0 unspecified atom stereocenters. The number of ether oxygens (including phenoxy) is 1. The van der Waals surface area contributed by atoms with E-state index in [1.807, 2.05) is 0 Å². The summed E-state index contributed by atoms with van der Waals surface area (Å²) in [5.74, 6) is -0.429.